The first-order chi connectivity index (χ1) is 11.3. The number of halogens is 3. The average molecular weight is 337 g/mol. The second-order valence-electron chi connectivity index (χ2n) is 5.38. The Kier molecular flexibility index (Phi) is 4.15. The Balaban J connectivity index is 1.88. The quantitative estimate of drug-likeness (QED) is 0.934. The standard InChI is InChI=1S/C16H14F3N3O2/c17-16(18,19)24-14-7-3-5-11(21-14)9-22-13-6-2-1-4-10(13)8-12(20)15(22)23/h1-7,12H,8-9,20H2/t12-/m1/s1. The van der Waals surface area contributed by atoms with Crippen LogP contribution >= 0.6 is 0 Å². The first-order valence-electron chi connectivity index (χ1n) is 7.20. The molecule has 3 rings (SSSR count). The van der Waals surface area contributed by atoms with Gasteiger partial charge in [0.2, 0.25) is 11.8 Å². The van der Waals surface area contributed by atoms with E-state index in [1.54, 1.807) is 12.1 Å². The Bertz CT molecular complexity index is 764. The summed E-state index contributed by atoms with van der Waals surface area (Å²) in [6, 6.07) is 10.6. The molecule has 2 heterocycles. The SMILES string of the molecule is N[C@@H]1Cc2ccccc2N(Cc2cccc(OC(F)(F)F)n2)C1=O. The van der Waals surface area contributed by atoms with Gasteiger partial charge in [-0.25, -0.2) is 4.98 Å². The molecule has 1 atom stereocenters. The lowest BCUT2D eigenvalue weighted by atomic mass is 9.97. The number of carbonyl (C=O) groups excluding carboxylic acids is 1. The third-order valence-corrected chi connectivity index (χ3v) is 3.63. The fraction of sp³-hybridized carbons (Fsp3) is 0.250. The zero-order valence-corrected chi connectivity index (χ0v) is 12.5. The monoisotopic (exact) mass is 337 g/mol. The molecule has 2 aromatic rings. The van der Waals surface area contributed by atoms with Crippen molar-refractivity contribution in [3.63, 3.8) is 0 Å². The van der Waals surface area contributed by atoms with Gasteiger partial charge < -0.3 is 15.4 Å². The zero-order chi connectivity index (χ0) is 17.3. The van der Waals surface area contributed by atoms with Gasteiger partial charge in [-0.05, 0) is 24.1 Å². The van der Waals surface area contributed by atoms with Gasteiger partial charge in [0.15, 0.2) is 0 Å². The summed E-state index contributed by atoms with van der Waals surface area (Å²) in [6.07, 6.45) is -4.39. The minimum Gasteiger partial charge on any atom is -0.388 e. The zero-order valence-electron chi connectivity index (χ0n) is 12.5. The van der Waals surface area contributed by atoms with Gasteiger partial charge in [-0.3, -0.25) is 4.79 Å². The van der Waals surface area contributed by atoms with Crippen LogP contribution in [0.4, 0.5) is 18.9 Å². The molecule has 24 heavy (non-hydrogen) atoms. The third kappa shape index (κ3) is 3.48. The second-order valence-corrected chi connectivity index (χ2v) is 5.38. The maximum Gasteiger partial charge on any atom is 0.574 e. The number of alkyl halides is 3. The second kappa shape index (κ2) is 6.12. The van der Waals surface area contributed by atoms with Gasteiger partial charge in [-0.15, -0.1) is 13.2 Å². The Labute approximate surface area is 135 Å². The smallest absolute Gasteiger partial charge is 0.388 e. The van der Waals surface area contributed by atoms with Gasteiger partial charge in [0.25, 0.3) is 0 Å². The van der Waals surface area contributed by atoms with E-state index in [4.69, 9.17) is 5.73 Å². The predicted molar refractivity (Wildman–Crippen MR) is 80.2 cm³/mol. The average Bonchev–Trinajstić information content (AvgIpc) is 2.50. The van der Waals surface area contributed by atoms with Crippen LogP contribution in [-0.2, 0) is 17.8 Å². The van der Waals surface area contributed by atoms with E-state index >= 15 is 0 Å². The van der Waals surface area contributed by atoms with E-state index in [2.05, 4.69) is 9.72 Å². The highest BCUT2D eigenvalue weighted by Gasteiger charge is 2.33. The molecular formula is C16H14F3N3O2. The van der Waals surface area contributed by atoms with Crippen molar-refractivity contribution in [1.29, 1.82) is 0 Å². The van der Waals surface area contributed by atoms with Crippen LogP contribution in [0, 0.1) is 0 Å². The van der Waals surface area contributed by atoms with Gasteiger partial charge in [0, 0.05) is 11.8 Å². The number of fused-ring (bicyclic) bond motifs is 1. The molecule has 1 aromatic heterocycles. The van der Waals surface area contributed by atoms with E-state index in [-0.39, 0.29) is 18.1 Å². The van der Waals surface area contributed by atoms with Crippen molar-refractivity contribution >= 4 is 11.6 Å². The molecule has 8 heteroatoms. The number of hydrogen-bond acceptors (Lipinski definition) is 4. The summed E-state index contributed by atoms with van der Waals surface area (Å²) >= 11 is 0. The molecule has 0 saturated heterocycles. The molecule has 0 saturated carbocycles. The maximum absolute atomic E-state index is 12.4. The number of nitrogens with two attached hydrogens (primary N) is 1. The lowest BCUT2D eigenvalue weighted by molar-refractivity contribution is -0.276. The van der Waals surface area contributed by atoms with Gasteiger partial charge in [0.1, 0.15) is 0 Å². The highest BCUT2D eigenvalue weighted by atomic mass is 19.4. The molecule has 2 N–H and O–H groups in total. The summed E-state index contributed by atoms with van der Waals surface area (Å²) in [5.74, 6) is -0.861. The Hall–Kier alpha value is -2.61. The van der Waals surface area contributed by atoms with Gasteiger partial charge >= 0.3 is 6.36 Å². The van der Waals surface area contributed by atoms with Crippen LogP contribution in [0.15, 0.2) is 42.5 Å². The molecule has 1 amide bonds. The fourth-order valence-electron chi connectivity index (χ4n) is 2.64. The molecule has 1 aliphatic heterocycles. The van der Waals surface area contributed by atoms with Crippen molar-refractivity contribution in [2.45, 2.75) is 25.4 Å². The Morgan fingerprint density at radius 1 is 1.21 bits per heavy atom. The number of ether oxygens (including phenoxy) is 1. The number of para-hydroxylation sites is 1. The lowest BCUT2D eigenvalue weighted by Crippen LogP contribution is -2.48. The van der Waals surface area contributed by atoms with Crippen LogP contribution in [0.2, 0.25) is 0 Å². The number of nitrogens with zero attached hydrogens (tertiary/aromatic N) is 2. The molecule has 0 bridgehead atoms. The van der Waals surface area contributed by atoms with E-state index in [0.29, 0.717) is 12.1 Å². The molecule has 0 unspecified atom stereocenters. The van der Waals surface area contributed by atoms with Crippen LogP contribution < -0.4 is 15.4 Å². The maximum atomic E-state index is 12.4. The fourth-order valence-corrected chi connectivity index (χ4v) is 2.64. The molecular weight excluding hydrogens is 323 g/mol. The highest BCUT2D eigenvalue weighted by Crippen LogP contribution is 2.29. The van der Waals surface area contributed by atoms with Crippen molar-refractivity contribution in [1.82, 2.24) is 4.98 Å². The molecule has 0 spiro atoms. The highest BCUT2D eigenvalue weighted by molar-refractivity contribution is 5.99. The number of aromatic nitrogens is 1. The van der Waals surface area contributed by atoms with E-state index in [0.717, 1.165) is 11.6 Å². The van der Waals surface area contributed by atoms with Crippen molar-refractivity contribution in [2.75, 3.05) is 4.90 Å². The van der Waals surface area contributed by atoms with Crippen molar-refractivity contribution in [3.05, 3.63) is 53.7 Å². The van der Waals surface area contributed by atoms with Crippen molar-refractivity contribution in [3.8, 4) is 5.88 Å². The molecule has 0 radical (unpaired) electrons. The van der Waals surface area contributed by atoms with Crippen LogP contribution in [0.25, 0.3) is 0 Å². The number of amides is 1. The molecule has 1 aliphatic rings. The largest absolute Gasteiger partial charge is 0.574 e. The number of anilines is 1. The topological polar surface area (TPSA) is 68.4 Å². The van der Waals surface area contributed by atoms with Crippen LogP contribution in [0.1, 0.15) is 11.3 Å². The first-order valence-corrected chi connectivity index (χ1v) is 7.20. The van der Waals surface area contributed by atoms with Crippen LogP contribution in [0.5, 0.6) is 5.88 Å². The summed E-state index contributed by atoms with van der Waals surface area (Å²) in [7, 11) is 0. The summed E-state index contributed by atoms with van der Waals surface area (Å²) < 4.78 is 40.7. The number of benzene rings is 1. The molecule has 5 nitrogen and oxygen atoms in total. The predicted octanol–water partition coefficient (Wildman–Crippen LogP) is 2.40. The summed E-state index contributed by atoms with van der Waals surface area (Å²) in [4.78, 5) is 17.6. The van der Waals surface area contributed by atoms with Crippen LogP contribution in [-0.4, -0.2) is 23.3 Å². The van der Waals surface area contributed by atoms with E-state index < -0.39 is 18.3 Å². The summed E-state index contributed by atoms with van der Waals surface area (Å²) in [6.45, 7) is 0.0125. The van der Waals surface area contributed by atoms with E-state index in [1.165, 1.54) is 17.0 Å². The lowest BCUT2D eigenvalue weighted by Gasteiger charge is -2.32. The first kappa shape index (κ1) is 16.3. The van der Waals surface area contributed by atoms with Gasteiger partial charge in [-0.1, -0.05) is 24.3 Å². The normalized spacial score (nSPS) is 17.6. The molecule has 126 valence electrons. The molecule has 1 aromatic carbocycles. The van der Waals surface area contributed by atoms with Crippen molar-refractivity contribution < 1.29 is 22.7 Å². The Morgan fingerprint density at radius 2 is 1.96 bits per heavy atom. The number of hydrogen-bond donors (Lipinski definition) is 1. The number of carbonyl (C=O) groups is 1. The summed E-state index contributed by atoms with van der Waals surface area (Å²) in [5, 5.41) is 0. The number of pyridine rings is 1. The summed E-state index contributed by atoms with van der Waals surface area (Å²) in [5.41, 5.74) is 7.74. The van der Waals surface area contributed by atoms with E-state index in [1.807, 2.05) is 12.1 Å². The van der Waals surface area contributed by atoms with Gasteiger partial charge in [-0.2, -0.15) is 0 Å². The minimum atomic E-state index is -4.82. The van der Waals surface area contributed by atoms with E-state index in [9.17, 15) is 18.0 Å². The Morgan fingerprint density at radius 3 is 2.71 bits per heavy atom. The number of rotatable bonds is 3. The van der Waals surface area contributed by atoms with Gasteiger partial charge in [0.05, 0.1) is 18.3 Å². The third-order valence-electron chi connectivity index (χ3n) is 3.63. The van der Waals surface area contributed by atoms with Crippen LogP contribution in [0.3, 0.4) is 0 Å². The molecule has 0 aliphatic carbocycles. The molecule has 0 fully saturated rings. The van der Waals surface area contributed by atoms with Crippen molar-refractivity contribution in [2.24, 2.45) is 5.73 Å². The minimum absolute atomic E-state index is 0.0125.